The van der Waals surface area contributed by atoms with Crippen LogP contribution in [0.4, 0.5) is 4.39 Å². The van der Waals surface area contributed by atoms with Crippen LogP contribution in [0.15, 0.2) is 84.6 Å². The van der Waals surface area contributed by atoms with Gasteiger partial charge in [0.15, 0.2) is 0 Å². The summed E-state index contributed by atoms with van der Waals surface area (Å²) in [5, 5.41) is 10.9. The maximum Gasteiger partial charge on any atom is 0.296 e. The Morgan fingerprint density at radius 2 is 1.66 bits per heavy atom. The average Bonchev–Trinajstić information content (AvgIpc) is 3.01. The molecule has 2 heterocycles. The van der Waals surface area contributed by atoms with Crippen LogP contribution in [0.25, 0.3) is 5.76 Å². The molecule has 29 heavy (non-hydrogen) atoms. The second kappa shape index (κ2) is 7.67. The molecule has 1 aliphatic heterocycles. The largest absolute Gasteiger partial charge is 0.507 e. The summed E-state index contributed by atoms with van der Waals surface area (Å²) in [5.74, 6) is -2.14. The number of aliphatic hydroxyl groups excluding tert-OH is 1. The Hall–Kier alpha value is -3.80. The SMILES string of the molecule is O=C1C(=O)N(Cc2ccc(F)cc2)C(c2ccccn2)/C1=C(/O)c1ccccc1. The Bertz CT molecular complexity index is 1080. The molecule has 1 saturated heterocycles. The van der Waals surface area contributed by atoms with Crippen molar-refractivity contribution in [3.63, 3.8) is 0 Å². The smallest absolute Gasteiger partial charge is 0.296 e. The van der Waals surface area contributed by atoms with E-state index in [2.05, 4.69) is 4.98 Å². The minimum Gasteiger partial charge on any atom is -0.507 e. The topological polar surface area (TPSA) is 70.5 Å². The van der Waals surface area contributed by atoms with Crippen molar-refractivity contribution in [2.45, 2.75) is 12.6 Å². The monoisotopic (exact) mass is 388 g/mol. The Kier molecular flexibility index (Phi) is 4.91. The number of benzene rings is 2. The summed E-state index contributed by atoms with van der Waals surface area (Å²) in [6, 6.07) is 18.6. The standard InChI is InChI=1S/C23H17FN2O3/c24-17-11-9-15(10-12-17)14-26-20(18-8-4-5-13-25-18)19(22(28)23(26)29)21(27)16-6-2-1-3-7-16/h1-13,20,27H,14H2/b21-19-. The summed E-state index contributed by atoms with van der Waals surface area (Å²) in [7, 11) is 0. The summed E-state index contributed by atoms with van der Waals surface area (Å²) in [5.41, 5.74) is 1.55. The van der Waals surface area contributed by atoms with Crippen LogP contribution in [0.3, 0.4) is 0 Å². The normalized spacial score (nSPS) is 18.2. The zero-order chi connectivity index (χ0) is 20.4. The van der Waals surface area contributed by atoms with Gasteiger partial charge in [-0.05, 0) is 29.8 Å². The predicted molar refractivity (Wildman–Crippen MR) is 105 cm³/mol. The molecule has 4 rings (SSSR count). The quantitative estimate of drug-likeness (QED) is 0.419. The number of hydrogen-bond donors (Lipinski definition) is 1. The number of Topliss-reactive ketones (excluding diaryl/α,β-unsaturated/α-hetero) is 1. The van der Waals surface area contributed by atoms with Crippen molar-refractivity contribution in [1.82, 2.24) is 9.88 Å². The summed E-state index contributed by atoms with van der Waals surface area (Å²) < 4.78 is 13.3. The van der Waals surface area contributed by atoms with E-state index in [-0.39, 0.29) is 23.7 Å². The number of nitrogens with zero attached hydrogens (tertiary/aromatic N) is 2. The molecule has 1 unspecified atom stereocenters. The van der Waals surface area contributed by atoms with Crippen molar-refractivity contribution in [3.05, 3.63) is 107 Å². The Morgan fingerprint density at radius 3 is 2.31 bits per heavy atom. The first kappa shape index (κ1) is 18.6. The fourth-order valence-electron chi connectivity index (χ4n) is 3.43. The van der Waals surface area contributed by atoms with Gasteiger partial charge in [0.2, 0.25) is 0 Å². The third kappa shape index (κ3) is 3.52. The minimum absolute atomic E-state index is 0.0120. The van der Waals surface area contributed by atoms with Crippen LogP contribution in [0, 0.1) is 5.82 Å². The number of aliphatic hydroxyl groups is 1. The van der Waals surface area contributed by atoms with Gasteiger partial charge in [-0.15, -0.1) is 0 Å². The first-order chi connectivity index (χ1) is 14.1. The van der Waals surface area contributed by atoms with Gasteiger partial charge in [0, 0.05) is 18.3 Å². The van der Waals surface area contributed by atoms with Crippen LogP contribution in [-0.2, 0) is 16.1 Å². The van der Waals surface area contributed by atoms with Gasteiger partial charge >= 0.3 is 0 Å². The van der Waals surface area contributed by atoms with Crippen LogP contribution >= 0.6 is 0 Å². The number of likely N-dealkylation sites (tertiary alicyclic amines) is 1. The van der Waals surface area contributed by atoms with E-state index in [4.69, 9.17) is 0 Å². The van der Waals surface area contributed by atoms with Gasteiger partial charge in [0.25, 0.3) is 11.7 Å². The first-order valence-electron chi connectivity index (χ1n) is 9.05. The van der Waals surface area contributed by atoms with E-state index in [1.807, 2.05) is 0 Å². The Balaban J connectivity index is 1.83. The van der Waals surface area contributed by atoms with Gasteiger partial charge in [0.1, 0.15) is 17.6 Å². The van der Waals surface area contributed by atoms with E-state index in [1.165, 1.54) is 17.0 Å². The highest BCUT2D eigenvalue weighted by atomic mass is 19.1. The molecule has 0 saturated carbocycles. The number of hydrogen-bond acceptors (Lipinski definition) is 4. The molecule has 0 radical (unpaired) electrons. The number of pyridine rings is 1. The molecule has 3 aromatic rings. The number of amides is 1. The molecular formula is C23H17FN2O3. The van der Waals surface area contributed by atoms with E-state index >= 15 is 0 Å². The molecular weight excluding hydrogens is 371 g/mol. The molecule has 1 amide bonds. The summed E-state index contributed by atoms with van der Waals surface area (Å²) in [6.45, 7) is 0.0810. The molecule has 1 aliphatic rings. The van der Waals surface area contributed by atoms with Crippen molar-refractivity contribution >= 4 is 17.4 Å². The molecule has 1 fully saturated rings. The van der Waals surface area contributed by atoms with Crippen molar-refractivity contribution in [2.75, 3.05) is 0 Å². The fourth-order valence-corrected chi connectivity index (χ4v) is 3.43. The number of carbonyl (C=O) groups excluding carboxylic acids is 2. The minimum atomic E-state index is -0.846. The second-order valence-corrected chi connectivity index (χ2v) is 6.67. The van der Waals surface area contributed by atoms with E-state index in [0.29, 0.717) is 16.8 Å². The molecule has 1 atom stereocenters. The highest BCUT2D eigenvalue weighted by molar-refractivity contribution is 6.46. The number of halogens is 1. The number of rotatable bonds is 4. The molecule has 2 aromatic carbocycles. The van der Waals surface area contributed by atoms with Crippen molar-refractivity contribution in [1.29, 1.82) is 0 Å². The number of carbonyl (C=O) groups is 2. The highest BCUT2D eigenvalue weighted by Crippen LogP contribution is 2.39. The molecule has 1 N–H and O–H groups in total. The van der Waals surface area contributed by atoms with E-state index in [1.54, 1.807) is 66.9 Å². The number of ketones is 1. The first-order valence-corrected chi connectivity index (χ1v) is 9.05. The molecule has 0 bridgehead atoms. The second-order valence-electron chi connectivity index (χ2n) is 6.67. The molecule has 144 valence electrons. The van der Waals surface area contributed by atoms with Crippen molar-refractivity contribution in [3.8, 4) is 0 Å². The van der Waals surface area contributed by atoms with E-state index in [0.717, 1.165) is 0 Å². The molecule has 5 nitrogen and oxygen atoms in total. The lowest BCUT2D eigenvalue weighted by Gasteiger charge is -2.24. The van der Waals surface area contributed by atoms with Gasteiger partial charge in [0.05, 0.1) is 11.3 Å². The number of aromatic nitrogens is 1. The summed E-state index contributed by atoms with van der Waals surface area (Å²) in [4.78, 5) is 31.4. The summed E-state index contributed by atoms with van der Waals surface area (Å²) >= 11 is 0. The Labute approximate surface area is 166 Å². The molecule has 1 aromatic heterocycles. The van der Waals surface area contributed by atoms with Crippen molar-refractivity contribution < 1.29 is 19.1 Å². The van der Waals surface area contributed by atoms with Gasteiger partial charge in [-0.1, -0.05) is 48.5 Å². The van der Waals surface area contributed by atoms with Crippen LogP contribution in [0.2, 0.25) is 0 Å². The van der Waals surface area contributed by atoms with Crippen molar-refractivity contribution in [2.24, 2.45) is 0 Å². The average molecular weight is 388 g/mol. The van der Waals surface area contributed by atoms with Crippen LogP contribution in [-0.4, -0.2) is 26.7 Å². The van der Waals surface area contributed by atoms with Crippen LogP contribution < -0.4 is 0 Å². The van der Waals surface area contributed by atoms with Gasteiger partial charge in [-0.25, -0.2) is 4.39 Å². The lowest BCUT2D eigenvalue weighted by Crippen LogP contribution is -2.29. The van der Waals surface area contributed by atoms with Gasteiger partial charge in [-0.3, -0.25) is 14.6 Å². The fraction of sp³-hybridized carbons (Fsp3) is 0.0870. The zero-order valence-corrected chi connectivity index (χ0v) is 15.3. The lowest BCUT2D eigenvalue weighted by atomic mass is 9.98. The zero-order valence-electron chi connectivity index (χ0n) is 15.3. The van der Waals surface area contributed by atoms with Crippen LogP contribution in [0.1, 0.15) is 22.9 Å². The summed E-state index contributed by atoms with van der Waals surface area (Å²) in [6.07, 6.45) is 1.57. The van der Waals surface area contributed by atoms with Gasteiger partial charge in [-0.2, -0.15) is 0 Å². The Morgan fingerprint density at radius 1 is 0.966 bits per heavy atom. The molecule has 0 aliphatic carbocycles. The van der Waals surface area contributed by atoms with E-state index in [9.17, 15) is 19.1 Å². The van der Waals surface area contributed by atoms with Crippen LogP contribution in [0.5, 0.6) is 0 Å². The van der Waals surface area contributed by atoms with E-state index < -0.39 is 17.7 Å². The lowest BCUT2D eigenvalue weighted by molar-refractivity contribution is -0.140. The third-order valence-corrected chi connectivity index (χ3v) is 4.82. The maximum absolute atomic E-state index is 13.3. The molecule has 0 spiro atoms. The maximum atomic E-state index is 13.3. The van der Waals surface area contributed by atoms with Gasteiger partial charge < -0.3 is 10.0 Å². The molecule has 6 heteroatoms. The predicted octanol–water partition coefficient (Wildman–Crippen LogP) is 3.84. The highest BCUT2D eigenvalue weighted by Gasteiger charge is 2.46. The third-order valence-electron chi connectivity index (χ3n) is 4.82.